The molecule has 0 atom stereocenters. The van der Waals surface area contributed by atoms with E-state index in [0.29, 0.717) is 12.4 Å². The summed E-state index contributed by atoms with van der Waals surface area (Å²) in [7, 11) is 0. The van der Waals surface area contributed by atoms with E-state index in [-0.39, 0.29) is 6.42 Å². The van der Waals surface area contributed by atoms with Gasteiger partial charge in [0.15, 0.2) is 0 Å². The van der Waals surface area contributed by atoms with Crippen LogP contribution in [0.3, 0.4) is 0 Å². The number of hydrogen-bond acceptors (Lipinski definition) is 3. The van der Waals surface area contributed by atoms with Gasteiger partial charge in [-0.3, -0.25) is 9.79 Å². The van der Waals surface area contributed by atoms with Crippen LogP contribution in [0.4, 0.5) is 0 Å². The molecule has 4 nitrogen and oxygen atoms in total. The molecule has 1 aliphatic heterocycles. The van der Waals surface area contributed by atoms with E-state index < -0.39 is 5.97 Å². The minimum Gasteiger partial charge on any atom is -0.481 e. The predicted molar refractivity (Wildman–Crippen MR) is 52.2 cm³/mol. The molecule has 0 aliphatic carbocycles. The number of carbonyl (C=O) groups is 1. The van der Waals surface area contributed by atoms with Crippen LogP contribution in [0.1, 0.15) is 16.7 Å². The summed E-state index contributed by atoms with van der Waals surface area (Å²) in [4.78, 5) is 14.6. The molecule has 1 aromatic carbocycles. The van der Waals surface area contributed by atoms with E-state index >= 15 is 0 Å². The molecule has 1 heterocycles. The maximum Gasteiger partial charge on any atom is 0.307 e. The summed E-state index contributed by atoms with van der Waals surface area (Å²) in [5.41, 5.74) is 8.37. The van der Waals surface area contributed by atoms with Crippen molar-refractivity contribution in [2.24, 2.45) is 10.7 Å². The van der Waals surface area contributed by atoms with Gasteiger partial charge < -0.3 is 10.8 Å². The van der Waals surface area contributed by atoms with E-state index in [9.17, 15) is 4.79 Å². The summed E-state index contributed by atoms with van der Waals surface area (Å²) in [5.74, 6) is -0.279. The first-order valence-corrected chi connectivity index (χ1v) is 4.30. The highest BCUT2D eigenvalue weighted by Crippen LogP contribution is 2.18. The first-order valence-electron chi connectivity index (χ1n) is 4.30. The Morgan fingerprint density at radius 1 is 1.57 bits per heavy atom. The normalized spacial score (nSPS) is 13.6. The Morgan fingerprint density at radius 3 is 3.07 bits per heavy atom. The number of aliphatic imine (C=N–C) groups is 1. The van der Waals surface area contributed by atoms with Crippen molar-refractivity contribution < 1.29 is 9.90 Å². The Balaban J connectivity index is 2.31. The topological polar surface area (TPSA) is 75.7 Å². The number of nitrogens with zero attached hydrogens (tertiary/aromatic N) is 1. The number of rotatable bonds is 2. The van der Waals surface area contributed by atoms with Crippen LogP contribution in [-0.4, -0.2) is 16.9 Å². The third-order valence-electron chi connectivity index (χ3n) is 2.22. The van der Waals surface area contributed by atoms with Crippen molar-refractivity contribution in [3.05, 3.63) is 34.9 Å². The van der Waals surface area contributed by atoms with Gasteiger partial charge >= 0.3 is 5.97 Å². The summed E-state index contributed by atoms with van der Waals surface area (Å²) < 4.78 is 0. The van der Waals surface area contributed by atoms with Crippen LogP contribution < -0.4 is 5.73 Å². The van der Waals surface area contributed by atoms with Crippen LogP contribution in [0, 0.1) is 0 Å². The first kappa shape index (κ1) is 8.74. The van der Waals surface area contributed by atoms with Crippen LogP contribution in [-0.2, 0) is 17.8 Å². The summed E-state index contributed by atoms with van der Waals surface area (Å²) >= 11 is 0. The largest absolute Gasteiger partial charge is 0.481 e. The number of carboxylic acid groups (broad SMARTS) is 1. The SMILES string of the molecule is NC1=NCc2cc(CC(=O)O)ccc21. The van der Waals surface area contributed by atoms with Crippen molar-refractivity contribution in [3.8, 4) is 0 Å². The molecule has 0 aromatic heterocycles. The number of carboxylic acids is 1. The lowest BCUT2D eigenvalue weighted by molar-refractivity contribution is -0.136. The Bertz CT molecular complexity index is 424. The molecule has 14 heavy (non-hydrogen) atoms. The smallest absolute Gasteiger partial charge is 0.307 e. The molecular formula is C10H10N2O2. The third-order valence-corrected chi connectivity index (χ3v) is 2.22. The van der Waals surface area contributed by atoms with Crippen molar-refractivity contribution in [1.29, 1.82) is 0 Å². The molecule has 1 aromatic rings. The molecule has 3 N–H and O–H groups in total. The minimum atomic E-state index is -0.822. The zero-order chi connectivity index (χ0) is 10.1. The number of benzene rings is 1. The molecule has 0 fully saturated rings. The zero-order valence-electron chi connectivity index (χ0n) is 7.53. The number of fused-ring (bicyclic) bond motifs is 1. The van der Waals surface area contributed by atoms with E-state index in [1.54, 1.807) is 6.07 Å². The van der Waals surface area contributed by atoms with Crippen molar-refractivity contribution in [2.45, 2.75) is 13.0 Å². The Hall–Kier alpha value is -1.84. The van der Waals surface area contributed by atoms with Crippen LogP contribution in [0.2, 0.25) is 0 Å². The lowest BCUT2D eigenvalue weighted by atomic mass is 10.0. The molecule has 0 saturated heterocycles. The second-order valence-corrected chi connectivity index (χ2v) is 3.26. The summed E-state index contributed by atoms with van der Waals surface area (Å²) in [6.07, 6.45) is 0.0488. The molecule has 72 valence electrons. The van der Waals surface area contributed by atoms with E-state index in [4.69, 9.17) is 10.8 Å². The zero-order valence-corrected chi connectivity index (χ0v) is 7.53. The fraction of sp³-hybridized carbons (Fsp3) is 0.200. The maximum atomic E-state index is 10.5. The molecule has 0 amide bonds. The minimum absolute atomic E-state index is 0.0488. The standard InChI is InChI=1S/C10H10N2O2/c11-10-8-2-1-6(4-9(13)14)3-7(8)5-12-10/h1-3H,4-5H2,(H2,11,12)(H,13,14). The van der Waals surface area contributed by atoms with Crippen LogP contribution in [0.15, 0.2) is 23.2 Å². The molecule has 0 bridgehead atoms. The highest BCUT2D eigenvalue weighted by Gasteiger charge is 2.13. The van der Waals surface area contributed by atoms with Crippen molar-refractivity contribution >= 4 is 11.8 Å². The van der Waals surface area contributed by atoms with Crippen molar-refractivity contribution in [3.63, 3.8) is 0 Å². The Labute approximate surface area is 81.1 Å². The van der Waals surface area contributed by atoms with Gasteiger partial charge in [0.05, 0.1) is 13.0 Å². The second kappa shape index (κ2) is 3.14. The van der Waals surface area contributed by atoms with Crippen molar-refractivity contribution in [1.82, 2.24) is 0 Å². The summed E-state index contributed by atoms with van der Waals surface area (Å²) in [5, 5.41) is 8.61. The van der Waals surface area contributed by atoms with E-state index in [0.717, 1.165) is 16.7 Å². The first-order chi connectivity index (χ1) is 6.66. The van der Waals surface area contributed by atoms with Gasteiger partial charge in [0.1, 0.15) is 5.84 Å². The number of nitrogens with two attached hydrogens (primary N) is 1. The average Bonchev–Trinajstić information content (AvgIpc) is 2.46. The van der Waals surface area contributed by atoms with Crippen molar-refractivity contribution in [2.75, 3.05) is 0 Å². The monoisotopic (exact) mass is 190 g/mol. The van der Waals surface area contributed by atoms with Gasteiger partial charge in [-0.1, -0.05) is 18.2 Å². The lowest BCUT2D eigenvalue weighted by Crippen LogP contribution is -2.10. The highest BCUT2D eigenvalue weighted by atomic mass is 16.4. The van der Waals surface area contributed by atoms with Gasteiger partial charge in [-0.05, 0) is 11.1 Å². The number of hydrogen-bond donors (Lipinski definition) is 2. The van der Waals surface area contributed by atoms with Gasteiger partial charge in [-0.15, -0.1) is 0 Å². The maximum absolute atomic E-state index is 10.5. The number of amidine groups is 1. The second-order valence-electron chi connectivity index (χ2n) is 3.26. The lowest BCUT2D eigenvalue weighted by Gasteiger charge is -2.02. The molecule has 0 spiro atoms. The van der Waals surface area contributed by atoms with E-state index in [2.05, 4.69) is 4.99 Å². The van der Waals surface area contributed by atoms with Gasteiger partial charge in [0.2, 0.25) is 0 Å². The molecule has 4 heteroatoms. The van der Waals surface area contributed by atoms with Gasteiger partial charge in [0.25, 0.3) is 0 Å². The van der Waals surface area contributed by atoms with Gasteiger partial charge in [0, 0.05) is 5.56 Å². The summed E-state index contributed by atoms with van der Waals surface area (Å²) in [6, 6.07) is 5.47. The predicted octanol–water partition coefficient (Wildman–Crippen LogP) is 0.533. The van der Waals surface area contributed by atoms with Crippen LogP contribution in [0.5, 0.6) is 0 Å². The molecule has 2 rings (SSSR count). The molecule has 0 unspecified atom stereocenters. The number of aliphatic carboxylic acids is 1. The third kappa shape index (κ3) is 1.46. The Morgan fingerprint density at radius 2 is 2.36 bits per heavy atom. The van der Waals surface area contributed by atoms with Gasteiger partial charge in [-0.2, -0.15) is 0 Å². The van der Waals surface area contributed by atoms with E-state index in [1.807, 2.05) is 12.1 Å². The highest BCUT2D eigenvalue weighted by molar-refractivity contribution is 6.00. The fourth-order valence-electron chi connectivity index (χ4n) is 1.57. The van der Waals surface area contributed by atoms with Gasteiger partial charge in [-0.25, -0.2) is 0 Å². The molecule has 0 radical (unpaired) electrons. The Kier molecular flexibility index (Phi) is 1.96. The van der Waals surface area contributed by atoms with E-state index in [1.165, 1.54) is 0 Å². The van der Waals surface area contributed by atoms with Crippen LogP contribution >= 0.6 is 0 Å². The molecule has 1 aliphatic rings. The quantitative estimate of drug-likeness (QED) is 0.714. The van der Waals surface area contributed by atoms with Crippen LogP contribution in [0.25, 0.3) is 0 Å². The molecule has 0 saturated carbocycles. The fourth-order valence-corrected chi connectivity index (χ4v) is 1.57. The summed E-state index contributed by atoms with van der Waals surface area (Å²) in [6.45, 7) is 0.564. The molecular weight excluding hydrogens is 180 g/mol. The average molecular weight is 190 g/mol.